The van der Waals surface area contributed by atoms with Gasteiger partial charge in [-0.3, -0.25) is 4.79 Å². The number of rotatable bonds is 5. The number of hydrogen-bond acceptors (Lipinski definition) is 3. The summed E-state index contributed by atoms with van der Waals surface area (Å²) in [5.74, 6) is 0.724. The molecule has 2 aliphatic heterocycles. The summed E-state index contributed by atoms with van der Waals surface area (Å²) in [6.45, 7) is 6.45. The predicted octanol–water partition coefficient (Wildman–Crippen LogP) is 2.67. The first kappa shape index (κ1) is 18.4. The number of nitrogens with zero attached hydrogens (tertiary/aromatic N) is 2. The molecule has 138 valence electrons. The quantitative estimate of drug-likeness (QED) is 0.894. The zero-order chi connectivity index (χ0) is 17.6. The molecular weight excluding hydrogens is 310 g/mol. The summed E-state index contributed by atoms with van der Waals surface area (Å²) in [5.41, 5.74) is 7.37. The van der Waals surface area contributed by atoms with Gasteiger partial charge in [-0.2, -0.15) is 0 Å². The summed E-state index contributed by atoms with van der Waals surface area (Å²) in [6.07, 6.45) is 6.97. The van der Waals surface area contributed by atoms with Gasteiger partial charge in [-0.25, -0.2) is 0 Å². The number of carbonyl (C=O) groups excluding carboxylic acids is 1. The summed E-state index contributed by atoms with van der Waals surface area (Å²) >= 11 is 0. The molecule has 2 heterocycles. The second-order valence-electron chi connectivity index (χ2n) is 7.93. The number of likely N-dealkylation sites (tertiary alicyclic amines) is 2. The molecule has 2 fully saturated rings. The Bertz CT molecular complexity index is 547. The zero-order valence-electron chi connectivity index (χ0n) is 15.6. The molecule has 2 aliphatic rings. The fraction of sp³-hybridized carbons (Fsp3) is 0.667. The maximum Gasteiger partial charge on any atom is 0.239 e. The van der Waals surface area contributed by atoms with Crippen molar-refractivity contribution in [2.75, 3.05) is 26.2 Å². The Balaban J connectivity index is 1.52. The van der Waals surface area contributed by atoms with Crippen LogP contribution in [-0.4, -0.2) is 54.0 Å². The maximum absolute atomic E-state index is 12.8. The highest BCUT2D eigenvalue weighted by molar-refractivity contribution is 5.82. The van der Waals surface area contributed by atoms with Crippen molar-refractivity contribution in [3.63, 3.8) is 0 Å². The third-order valence-corrected chi connectivity index (χ3v) is 5.88. The van der Waals surface area contributed by atoms with Gasteiger partial charge in [0.1, 0.15) is 0 Å². The van der Waals surface area contributed by atoms with E-state index in [1.165, 1.54) is 32.2 Å². The molecule has 0 aliphatic carbocycles. The van der Waals surface area contributed by atoms with Crippen molar-refractivity contribution in [3.8, 4) is 0 Å². The number of benzene rings is 1. The summed E-state index contributed by atoms with van der Waals surface area (Å²) in [4.78, 5) is 17.4. The van der Waals surface area contributed by atoms with Crippen LogP contribution in [0.2, 0.25) is 0 Å². The highest BCUT2D eigenvalue weighted by Gasteiger charge is 2.29. The molecular formula is C21H33N3O. The van der Waals surface area contributed by atoms with Crippen LogP contribution in [0.4, 0.5) is 0 Å². The van der Waals surface area contributed by atoms with E-state index in [9.17, 15) is 4.79 Å². The molecule has 0 radical (unpaired) electrons. The van der Waals surface area contributed by atoms with E-state index in [2.05, 4.69) is 11.8 Å². The minimum atomic E-state index is -0.421. The highest BCUT2D eigenvalue weighted by atomic mass is 16.2. The van der Waals surface area contributed by atoms with Gasteiger partial charge >= 0.3 is 0 Å². The van der Waals surface area contributed by atoms with Crippen molar-refractivity contribution in [3.05, 3.63) is 35.9 Å². The molecule has 0 saturated carbocycles. The molecule has 0 unspecified atom stereocenters. The Labute approximate surface area is 152 Å². The summed E-state index contributed by atoms with van der Waals surface area (Å²) in [5, 5.41) is 0. The van der Waals surface area contributed by atoms with Crippen molar-refractivity contribution in [2.45, 2.75) is 57.5 Å². The summed E-state index contributed by atoms with van der Waals surface area (Å²) < 4.78 is 0. The number of hydrogen-bond donors (Lipinski definition) is 1. The van der Waals surface area contributed by atoms with Crippen LogP contribution in [0, 0.1) is 5.92 Å². The maximum atomic E-state index is 12.8. The largest absolute Gasteiger partial charge is 0.341 e. The van der Waals surface area contributed by atoms with Crippen molar-refractivity contribution < 1.29 is 4.79 Å². The first-order valence-corrected chi connectivity index (χ1v) is 9.96. The van der Waals surface area contributed by atoms with Crippen molar-refractivity contribution in [1.29, 1.82) is 0 Å². The van der Waals surface area contributed by atoms with E-state index in [1.807, 2.05) is 35.2 Å². The lowest BCUT2D eigenvalue weighted by Gasteiger charge is -2.40. The molecule has 0 aromatic heterocycles. The minimum absolute atomic E-state index is 0.125. The molecule has 4 heteroatoms. The number of piperidine rings is 2. The van der Waals surface area contributed by atoms with E-state index in [1.54, 1.807) is 0 Å². The monoisotopic (exact) mass is 343 g/mol. The highest BCUT2D eigenvalue weighted by Crippen LogP contribution is 2.23. The third-order valence-electron chi connectivity index (χ3n) is 5.88. The summed E-state index contributed by atoms with van der Waals surface area (Å²) in [7, 11) is 0. The van der Waals surface area contributed by atoms with Gasteiger partial charge in [0.25, 0.3) is 0 Å². The standard InChI is InChI=1S/C21H33N3O/c1-17-8-5-6-12-23(17)15-19-11-7-13-24(16-19)21(25)20(22)14-18-9-3-2-4-10-18/h2-4,9-10,17,19-20H,5-8,11-16,22H2,1H3/t17-,19-,20-/m1/s1. The normalized spacial score (nSPS) is 26.4. The molecule has 3 atom stereocenters. The third kappa shape index (κ3) is 5.05. The van der Waals surface area contributed by atoms with Crippen LogP contribution in [0.25, 0.3) is 0 Å². The van der Waals surface area contributed by atoms with E-state index in [-0.39, 0.29) is 5.91 Å². The van der Waals surface area contributed by atoms with Crippen LogP contribution < -0.4 is 5.73 Å². The molecule has 2 saturated heterocycles. The summed E-state index contributed by atoms with van der Waals surface area (Å²) in [6, 6.07) is 10.4. The fourth-order valence-corrected chi connectivity index (χ4v) is 4.36. The van der Waals surface area contributed by atoms with Crippen LogP contribution in [0.5, 0.6) is 0 Å². The topological polar surface area (TPSA) is 49.6 Å². The molecule has 4 nitrogen and oxygen atoms in total. The molecule has 0 bridgehead atoms. The Morgan fingerprint density at radius 3 is 2.72 bits per heavy atom. The van der Waals surface area contributed by atoms with Crippen LogP contribution in [0.15, 0.2) is 30.3 Å². The second-order valence-corrected chi connectivity index (χ2v) is 7.93. The fourth-order valence-electron chi connectivity index (χ4n) is 4.36. The van der Waals surface area contributed by atoms with E-state index in [0.29, 0.717) is 18.4 Å². The second kappa shape index (κ2) is 8.81. The average molecular weight is 344 g/mol. The van der Waals surface area contributed by atoms with Gasteiger partial charge < -0.3 is 15.5 Å². The Kier molecular flexibility index (Phi) is 6.49. The van der Waals surface area contributed by atoms with Crippen LogP contribution in [0.1, 0.15) is 44.6 Å². The molecule has 3 rings (SSSR count). The van der Waals surface area contributed by atoms with Crippen molar-refractivity contribution in [1.82, 2.24) is 9.80 Å². The van der Waals surface area contributed by atoms with Gasteiger partial charge in [-0.1, -0.05) is 36.8 Å². The average Bonchev–Trinajstić information content (AvgIpc) is 2.64. The van der Waals surface area contributed by atoms with Crippen LogP contribution in [0.3, 0.4) is 0 Å². The van der Waals surface area contributed by atoms with Crippen molar-refractivity contribution in [2.24, 2.45) is 11.7 Å². The van der Waals surface area contributed by atoms with Crippen molar-refractivity contribution >= 4 is 5.91 Å². The Morgan fingerprint density at radius 1 is 1.16 bits per heavy atom. The van der Waals surface area contributed by atoms with E-state index in [4.69, 9.17) is 5.73 Å². The van der Waals surface area contributed by atoms with Crippen LogP contribution >= 0.6 is 0 Å². The van der Waals surface area contributed by atoms with E-state index in [0.717, 1.165) is 31.6 Å². The molecule has 0 spiro atoms. The van der Waals surface area contributed by atoms with E-state index < -0.39 is 6.04 Å². The lowest BCUT2D eigenvalue weighted by Crippen LogP contribution is -2.51. The van der Waals surface area contributed by atoms with Gasteiger partial charge in [0.05, 0.1) is 6.04 Å². The van der Waals surface area contributed by atoms with Gasteiger partial charge in [0, 0.05) is 25.7 Å². The molecule has 2 N–H and O–H groups in total. The van der Waals surface area contributed by atoms with Crippen LogP contribution in [-0.2, 0) is 11.2 Å². The lowest BCUT2D eigenvalue weighted by molar-refractivity contribution is -0.134. The number of nitrogens with two attached hydrogens (primary N) is 1. The van der Waals surface area contributed by atoms with E-state index >= 15 is 0 Å². The minimum Gasteiger partial charge on any atom is -0.341 e. The predicted molar refractivity (Wildman–Crippen MR) is 102 cm³/mol. The molecule has 1 amide bonds. The zero-order valence-corrected chi connectivity index (χ0v) is 15.6. The molecule has 25 heavy (non-hydrogen) atoms. The van der Waals surface area contributed by atoms with Gasteiger partial charge in [-0.05, 0) is 57.1 Å². The Hall–Kier alpha value is -1.39. The number of carbonyl (C=O) groups is 1. The number of amides is 1. The SMILES string of the molecule is C[C@@H]1CCCCN1C[C@H]1CCCN(C(=O)[C@H](N)Cc2ccccc2)C1. The Morgan fingerprint density at radius 2 is 1.96 bits per heavy atom. The lowest BCUT2D eigenvalue weighted by atomic mass is 9.94. The smallest absolute Gasteiger partial charge is 0.239 e. The first-order valence-electron chi connectivity index (χ1n) is 9.96. The van der Waals surface area contributed by atoms with Gasteiger partial charge in [0.15, 0.2) is 0 Å². The van der Waals surface area contributed by atoms with Gasteiger partial charge in [-0.15, -0.1) is 0 Å². The van der Waals surface area contributed by atoms with Gasteiger partial charge in [0.2, 0.25) is 5.91 Å². The molecule has 1 aromatic carbocycles. The first-order chi connectivity index (χ1) is 12.1. The molecule has 1 aromatic rings.